The van der Waals surface area contributed by atoms with Crippen LogP contribution < -0.4 is 0 Å². The predicted octanol–water partition coefficient (Wildman–Crippen LogP) is 5.26. The van der Waals surface area contributed by atoms with Crippen molar-refractivity contribution >= 4 is 76.7 Å². The number of fused-ring (bicyclic) bond motifs is 3. The molecule has 74 valence electrons. The Morgan fingerprint density at radius 1 is 0.733 bits per heavy atom. The van der Waals surface area contributed by atoms with Crippen LogP contribution in [0.5, 0.6) is 0 Å². The van der Waals surface area contributed by atoms with Gasteiger partial charge >= 0.3 is 0 Å². The van der Waals surface area contributed by atoms with Crippen molar-refractivity contribution in [3.63, 3.8) is 0 Å². The molecular weight excluding hydrogens is 430 g/mol. The van der Waals surface area contributed by atoms with Crippen LogP contribution in [0.15, 0.2) is 36.4 Å². The molecule has 3 rings (SSSR count). The van der Waals surface area contributed by atoms with Gasteiger partial charge in [-0.15, -0.1) is 11.3 Å². The summed E-state index contributed by atoms with van der Waals surface area (Å²) in [5.74, 6) is 0. The summed E-state index contributed by atoms with van der Waals surface area (Å²) in [6.07, 6.45) is 0. The molecule has 0 radical (unpaired) electrons. The molecule has 0 saturated heterocycles. The highest BCUT2D eigenvalue weighted by molar-refractivity contribution is 14.1. The van der Waals surface area contributed by atoms with E-state index in [9.17, 15) is 0 Å². The fraction of sp³-hybridized carbons (Fsp3) is 0. The van der Waals surface area contributed by atoms with Gasteiger partial charge in [0.2, 0.25) is 0 Å². The Hall–Kier alpha value is 0.120. The summed E-state index contributed by atoms with van der Waals surface area (Å²) in [7, 11) is 0. The van der Waals surface area contributed by atoms with E-state index >= 15 is 0 Å². The van der Waals surface area contributed by atoms with E-state index in [1.807, 2.05) is 11.3 Å². The molecule has 0 N–H and O–H groups in total. The maximum Gasteiger partial charge on any atom is 0.0365 e. The van der Waals surface area contributed by atoms with E-state index < -0.39 is 0 Å². The second-order valence-corrected chi connectivity index (χ2v) is 6.96. The van der Waals surface area contributed by atoms with Crippen LogP contribution in [0.1, 0.15) is 0 Å². The van der Waals surface area contributed by atoms with Gasteiger partial charge in [-0.25, -0.2) is 0 Å². The monoisotopic (exact) mass is 436 g/mol. The molecular formula is C12H6I2S. The summed E-state index contributed by atoms with van der Waals surface area (Å²) < 4.78 is 5.39. The third kappa shape index (κ3) is 1.78. The van der Waals surface area contributed by atoms with Crippen LogP contribution in [0.25, 0.3) is 20.2 Å². The van der Waals surface area contributed by atoms with Gasteiger partial charge in [0.1, 0.15) is 0 Å². The van der Waals surface area contributed by atoms with Gasteiger partial charge in [-0.05, 0) is 69.4 Å². The van der Waals surface area contributed by atoms with Crippen LogP contribution in [0.4, 0.5) is 0 Å². The lowest BCUT2D eigenvalue weighted by atomic mass is 10.2. The van der Waals surface area contributed by atoms with Crippen LogP contribution in [-0.4, -0.2) is 0 Å². The maximum absolute atomic E-state index is 2.36. The molecule has 1 aromatic heterocycles. The minimum atomic E-state index is 1.31. The standard InChI is InChI=1S/C12H6I2S/c13-7-1-3-9-10-4-2-8(14)6-12(10)15-11(9)5-7/h1-6H. The van der Waals surface area contributed by atoms with Crippen LogP contribution in [-0.2, 0) is 0 Å². The van der Waals surface area contributed by atoms with Gasteiger partial charge in [0, 0.05) is 27.3 Å². The van der Waals surface area contributed by atoms with Crippen LogP contribution in [0.2, 0.25) is 0 Å². The normalized spacial score (nSPS) is 11.3. The largest absolute Gasteiger partial charge is 0.135 e. The molecule has 0 amide bonds. The summed E-state index contributed by atoms with van der Waals surface area (Å²) in [5, 5.41) is 2.76. The summed E-state index contributed by atoms with van der Waals surface area (Å²) >= 11 is 6.61. The van der Waals surface area contributed by atoms with Crippen molar-refractivity contribution in [1.82, 2.24) is 0 Å². The van der Waals surface area contributed by atoms with Crippen molar-refractivity contribution in [2.75, 3.05) is 0 Å². The fourth-order valence-electron chi connectivity index (χ4n) is 1.72. The Kier molecular flexibility index (Phi) is 2.64. The Labute approximate surface area is 119 Å². The van der Waals surface area contributed by atoms with E-state index in [1.165, 1.54) is 27.3 Å². The van der Waals surface area contributed by atoms with E-state index in [1.54, 1.807) is 0 Å². The summed E-state index contributed by atoms with van der Waals surface area (Å²) in [6.45, 7) is 0. The van der Waals surface area contributed by atoms with Gasteiger partial charge in [0.15, 0.2) is 0 Å². The number of benzene rings is 2. The first-order chi connectivity index (χ1) is 7.24. The maximum atomic E-state index is 2.36. The number of halogens is 2. The number of thiophene rings is 1. The number of hydrogen-bond donors (Lipinski definition) is 0. The van der Waals surface area contributed by atoms with Crippen molar-refractivity contribution in [1.29, 1.82) is 0 Å². The van der Waals surface area contributed by atoms with Crippen LogP contribution in [0, 0.1) is 7.14 Å². The van der Waals surface area contributed by atoms with Gasteiger partial charge < -0.3 is 0 Å². The van der Waals surface area contributed by atoms with Crippen molar-refractivity contribution in [3.05, 3.63) is 43.5 Å². The van der Waals surface area contributed by atoms with E-state index in [-0.39, 0.29) is 0 Å². The highest BCUT2D eigenvalue weighted by Gasteiger charge is 2.04. The number of rotatable bonds is 0. The molecule has 0 atom stereocenters. The molecule has 0 aliphatic heterocycles. The average Bonchev–Trinajstić information content (AvgIpc) is 2.53. The van der Waals surface area contributed by atoms with E-state index in [0.29, 0.717) is 0 Å². The van der Waals surface area contributed by atoms with Crippen molar-refractivity contribution in [3.8, 4) is 0 Å². The molecule has 0 fully saturated rings. The summed E-state index contributed by atoms with van der Waals surface area (Å²) in [6, 6.07) is 13.3. The first kappa shape index (κ1) is 10.3. The molecule has 0 spiro atoms. The zero-order valence-corrected chi connectivity index (χ0v) is 12.8. The minimum Gasteiger partial charge on any atom is -0.135 e. The molecule has 0 bridgehead atoms. The van der Waals surface area contributed by atoms with Crippen molar-refractivity contribution in [2.45, 2.75) is 0 Å². The molecule has 0 saturated carbocycles. The topological polar surface area (TPSA) is 0 Å². The Balaban J connectivity index is 2.51. The summed E-state index contributed by atoms with van der Waals surface area (Å²) in [5.41, 5.74) is 0. The van der Waals surface area contributed by atoms with E-state index in [0.717, 1.165) is 0 Å². The molecule has 3 heteroatoms. The van der Waals surface area contributed by atoms with Gasteiger partial charge in [0.25, 0.3) is 0 Å². The second kappa shape index (κ2) is 3.85. The minimum absolute atomic E-state index is 1.31. The van der Waals surface area contributed by atoms with Crippen molar-refractivity contribution in [2.24, 2.45) is 0 Å². The molecule has 0 aliphatic rings. The SMILES string of the molecule is Ic1ccc2c(c1)sc1cc(I)ccc12. The summed E-state index contributed by atoms with van der Waals surface area (Å²) in [4.78, 5) is 0. The van der Waals surface area contributed by atoms with Crippen LogP contribution >= 0.6 is 56.5 Å². The molecule has 2 aromatic carbocycles. The second-order valence-electron chi connectivity index (χ2n) is 3.38. The molecule has 3 aromatic rings. The highest BCUT2D eigenvalue weighted by Crippen LogP contribution is 2.35. The molecule has 0 unspecified atom stereocenters. The van der Waals surface area contributed by atoms with Crippen LogP contribution in [0.3, 0.4) is 0 Å². The highest BCUT2D eigenvalue weighted by atomic mass is 127. The quantitative estimate of drug-likeness (QED) is 0.422. The first-order valence-corrected chi connectivity index (χ1v) is 7.49. The lowest BCUT2D eigenvalue weighted by molar-refractivity contribution is 1.75. The lowest BCUT2D eigenvalue weighted by Crippen LogP contribution is -1.70. The Morgan fingerprint density at radius 2 is 1.20 bits per heavy atom. The zero-order chi connectivity index (χ0) is 10.4. The van der Waals surface area contributed by atoms with Gasteiger partial charge in [-0.2, -0.15) is 0 Å². The third-order valence-electron chi connectivity index (χ3n) is 2.40. The molecule has 15 heavy (non-hydrogen) atoms. The smallest absolute Gasteiger partial charge is 0.0365 e. The van der Waals surface area contributed by atoms with E-state index in [2.05, 4.69) is 81.6 Å². The predicted molar refractivity (Wildman–Crippen MR) is 84.8 cm³/mol. The van der Waals surface area contributed by atoms with Gasteiger partial charge in [-0.1, -0.05) is 12.1 Å². The van der Waals surface area contributed by atoms with Crippen molar-refractivity contribution < 1.29 is 0 Å². The molecule has 0 aliphatic carbocycles. The Morgan fingerprint density at radius 3 is 1.67 bits per heavy atom. The average molecular weight is 436 g/mol. The third-order valence-corrected chi connectivity index (χ3v) is 4.85. The number of hydrogen-bond acceptors (Lipinski definition) is 1. The van der Waals surface area contributed by atoms with Gasteiger partial charge in [-0.3, -0.25) is 0 Å². The molecule has 0 nitrogen and oxygen atoms in total. The lowest BCUT2D eigenvalue weighted by Gasteiger charge is -1.92. The zero-order valence-electron chi connectivity index (χ0n) is 7.63. The van der Waals surface area contributed by atoms with Gasteiger partial charge in [0.05, 0.1) is 0 Å². The van der Waals surface area contributed by atoms with E-state index in [4.69, 9.17) is 0 Å². The Bertz CT molecular complexity index is 599. The fourth-order valence-corrected chi connectivity index (χ4v) is 4.31. The first-order valence-electron chi connectivity index (χ1n) is 4.51. The molecule has 1 heterocycles.